The van der Waals surface area contributed by atoms with Crippen molar-refractivity contribution in [3.05, 3.63) is 29.8 Å². The summed E-state index contributed by atoms with van der Waals surface area (Å²) in [5.41, 5.74) is 2.47. The van der Waals surface area contributed by atoms with Crippen molar-refractivity contribution in [2.24, 2.45) is 5.41 Å². The molecule has 1 aromatic heterocycles. The van der Waals surface area contributed by atoms with Gasteiger partial charge >= 0.3 is 0 Å². The molecule has 1 aliphatic carbocycles. The molecule has 1 aromatic carbocycles. The lowest BCUT2D eigenvalue weighted by molar-refractivity contribution is 0.0408. The van der Waals surface area contributed by atoms with Gasteiger partial charge in [-0.2, -0.15) is 0 Å². The van der Waals surface area contributed by atoms with Gasteiger partial charge in [0.15, 0.2) is 0 Å². The van der Waals surface area contributed by atoms with Gasteiger partial charge in [-0.25, -0.2) is 4.98 Å². The molecule has 0 bridgehead atoms. The highest BCUT2D eigenvalue weighted by Crippen LogP contribution is 2.45. The summed E-state index contributed by atoms with van der Waals surface area (Å²) < 4.78 is 0. The number of aliphatic hydroxyl groups is 1. The number of benzene rings is 1. The maximum Gasteiger partial charge on any atom is 0.129 e. The normalized spacial score (nSPS) is 27.3. The van der Waals surface area contributed by atoms with Crippen LogP contribution in [0.1, 0.15) is 37.7 Å². The fourth-order valence-corrected chi connectivity index (χ4v) is 5.04. The smallest absolute Gasteiger partial charge is 0.129 e. The first-order valence-electron chi connectivity index (χ1n) is 9.00. The number of anilines is 1. The first kappa shape index (κ1) is 16.2. The van der Waals surface area contributed by atoms with Gasteiger partial charge in [0.25, 0.3) is 0 Å². The number of thioether (sulfide) groups is 1. The zero-order chi connectivity index (χ0) is 16.7. The Morgan fingerprint density at radius 1 is 1.25 bits per heavy atom. The van der Waals surface area contributed by atoms with E-state index in [1.165, 1.54) is 15.8 Å². The number of fused-ring (bicyclic) bond motifs is 1. The number of hydrogen-bond donors (Lipinski definition) is 1. The average Bonchev–Trinajstić information content (AvgIpc) is 2.94. The molecule has 2 atom stereocenters. The molecule has 2 heterocycles. The molecule has 3 nitrogen and oxygen atoms in total. The van der Waals surface area contributed by atoms with Gasteiger partial charge in [-0.15, -0.1) is 11.8 Å². The van der Waals surface area contributed by atoms with Gasteiger partial charge in [0, 0.05) is 28.8 Å². The van der Waals surface area contributed by atoms with Crippen molar-refractivity contribution in [3.8, 4) is 0 Å². The number of hydrogen-bond acceptors (Lipinski definition) is 4. The lowest BCUT2D eigenvalue weighted by atomic mass is 9.76. The molecule has 2 aliphatic rings. The second-order valence-electron chi connectivity index (χ2n) is 7.48. The Labute approximate surface area is 148 Å². The third kappa shape index (κ3) is 2.70. The lowest BCUT2D eigenvalue weighted by Crippen LogP contribution is -2.47. The van der Waals surface area contributed by atoms with Crippen LogP contribution in [0.5, 0.6) is 0 Å². The van der Waals surface area contributed by atoms with Crippen LogP contribution in [0.15, 0.2) is 29.2 Å². The highest BCUT2D eigenvalue weighted by molar-refractivity contribution is 7.98. The van der Waals surface area contributed by atoms with Crippen molar-refractivity contribution < 1.29 is 5.11 Å². The molecule has 0 radical (unpaired) electrons. The molecule has 1 aliphatic heterocycles. The fourth-order valence-electron chi connectivity index (χ4n) is 4.60. The number of piperidine rings is 1. The Kier molecular flexibility index (Phi) is 4.21. The minimum absolute atomic E-state index is 0.103. The van der Waals surface area contributed by atoms with Crippen molar-refractivity contribution in [2.75, 3.05) is 24.2 Å². The van der Waals surface area contributed by atoms with Crippen LogP contribution >= 0.6 is 11.8 Å². The van der Waals surface area contributed by atoms with Gasteiger partial charge in [0.1, 0.15) is 5.82 Å². The molecule has 0 amide bonds. The number of rotatable bonds is 2. The summed E-state index contributed by atoms with van der Waals surface area (Å²) in [6.45, 7) is 4.19. The maximum atomic E-state index is 10.5. The molecule has 1 saturated heterocycles. The van der Waals surface area contributed by atoms with Crippen LogP contribution < -0.4 is 4.90 Å². The Bertz CT molecular complexity index is 763. The van der Waals surface area contributed by atoms with E-state index in [1.807, 2.05) is 0 Å². The second-order valence-corrected chi connectivity index (χ2v) is 8.36. The number of aryl methyl sites for hydroxylation is 1. The van der Waals surface area contributed by atoms with E-state index in [2.05, 4.69) is 42.3 Å². The quantitative estimate of drug-likeness (QED) is 0.821. The Hall–Kier alpha value is -1.26. The molecule has 2 aromatic rings. The molecule has 4 heteroatoms. The van der Waals surface area contributed by atoms with Crippen molar-refractivity contribution in [1.82, 2.24) is 4.98 Å². The number of pyridine rings is 1. The van der Waals surface area contributed by atoms with Crippen LogP contribution in [0.3, 0.4) is 0 Å². The van der Waals surface area contributed by atoms with E-state index in [4.69, 9.17) is 4.98 Å². The van der Waals surface area contributed by atoms with Gasteiger partial charge in [0.05, 0.1) is 11.6 Å². The Balaban J connectivity index is 1.68. The highest BCUT2D eigenvalue weighted by atomic mass is 32.2. The van der Waals surface area contributed by atoms with Crippen LogP contribution in [-0.4, -0.2) is 35.5 Å². The van der Waals surface area contributed by atoms with E-state index in [0.29, 0.717) is 0 Å². The summed E-state index contributed by atoms with van der Waals surface area (Å²) in [7, 11) is 0. The van der Waals surface area contributed by atoms with Gasteiger partial charge in [0.2, 0.25) is 0 Å². The van der Waals surface area contributed by atoms with Crippen LogP contribution in [0.4, 0.5) is 5.82 Å². The summed E-state index contributed by atoms with van der Waals surface area (Å²) in [4.78, 5) is 8.64. The summed E-state index contributed by atoms with van der Waals surface area (Å²) in [5.74, 6) is 1.08. The van der Waals surface area contributed by atoms with E-state index in [9.17, 15) is 5.11 Å². The van der Waals surface area contributed by atoms with E-state index in [0.717, 1.165) is 56.5 Å². The van der Waals surface area contributed by atoms with E-state index in [-0.39, 0.29) is 11.5 Å². The van der Waals surface area contributed by atoms with Crippen LogP contribution in [0.25, 0.3) is 10.9 Å². The topological polar surface area (TPSA) is 36.4 Å². The molecular weight excluding hydrogens is 316 g/mol. The first-order valence-corrected chi connectivity index (χ1v) is 10.2. The minimum Gasteiger partial charge on any atom is -0.392 e. The summed E-state index contributed by atoms with van der Waals surface area (Å²) in [5, 5.41) is 11.8. The molecule has 1 spiro atoms. The van der Waals surface area contributed by atoms with Crippen LogP contribution in [0.2, 0.25) is 0 Å². The van der Waals surface area contributed by atoms with Gasteiger partial charge < -0.3 is 10.0 Å². The SMILES string of the molecule is CSc1ccc2nc(N3CCC[C@]4(CCC[C@H]4O)C3)cc(C)c2c1. The third-order valence-corrected chi connectivity index (χ3v) is 6.73. The van der Waals surface area contributed by atoms with E-state index >= 15 is 0 Å². The van der Waals surface area contributed by atoms with Crippen LogP contribution in [-0.2, 0) is 0 Å². The van der Waals surface area contributed by atoms with Crippen molar-refractivity contribution in [1.29, 1.82) is 0 Å². The number of nitrogens with zero attached hydrogens (tertiary/aromatic N) is 2. The standard InChI is InChI=1S/C20H26N2OS/c1-14-11-19(21-17-7-6-15(24-2)12-16(14)17)22-10-4-9-20(13-22)8-3-5-18(20)23/h6-7,11-12,18,23H,3-5,8-10,13H2,1-2H3/t18-,20-/m1/s1. The summed E-state index contributed by atoms with van der Waals surface area (Å²) in [6.07, 6.45) is 7.58. The Morgan fingerprint density at radius 2 is 2.08 bits per heavy atom. The largest absolute Gasteiger partial charge is 0.392 e. The summed E-state index contributed by atoms with van der Waals surface area (Å²) >= 11 is 1.77. The predicted octanol–water partition coefficient (Wildman–Crippen LogP) is 4.40. The Morgan fingerprint density at radius 3 is 2.83 bits per heavy atom. The molecule has 24 heavy (non-hydrogen) atoms. The van der Waals surface area contributed by atoms with E-state index in [1.54, 1.807) is 11.8 Å². The highest BCUT2D eigenvalue weighted by Gasteiger charge is 2.44. The maximum absolute atomic E-state index is 10.5. The molecule has 0 unspecified atom stereocenters. The van der Waals surface area contributed by atoms with E-state index < -0.39 is 0 Å². The summed E-state index contributed by atoms with van der Waals surface area (Å²) in [6, 6.07) is 8.76. The molecular formula is C20H26N2OS. The minimum atomic E-state index is -0.133. The first-order chi connectivity index (χ1) is 11.6. The molecule has 1 N–H and O–H groups in total. The molecule has 1 saturated carbocycles. The zero-order valence-corrected chi connectivity index (χ0v) is 15.4. The zero-order valence-electron chi connectivity index (χ0n) is 14.6. The molecule has 128 valence electrons. The lowest BCUT2D eigenvalue weighted by Gasteiger charge is -2.43. The van der Waals surface area contributed by atoms with Gasteiger partial charge in [-0.1, -0.05) is 6.42 Å². The average molecular weight is 343 g/mol. The fraction of sp³-hybridized carbons (Fsp3) is 0.550. The molecule has 4 rings (SSSR count). The van der Waals surface area contributed by atoms with Crippen molar-refractivity contribution in [3.63, 3.8) is 0 Å². The second kappa shape index (κ2) is 6.23. The molecule has 2 fully saturated rings. The van der Waals surface area contributed by atoms with Crippen molar-refractivity contribution >= 4 is 28.5 Å². The number of aromatic nitrogens is 1. The monoisotopic (exact) mass is 342 g/mol. The van der Waals surface area contributed by atoms with Gasteiger partial charge in [-0.3, -0.25) is 0 Å². The van der Waals surface area contributed by atoms with Gasteiger partial charge in [-0.05, 0) is 68.7 Å². The third-order valence-electron chi connectivity index (χ3n) is 6.00. The predicted molar refractivity (Wildman–Crippen MR) is 102 cm³/mol. The van der Waals surface area contributed by atoms with Crippen molar-refractivity contribution in [2.45, 2.75) is 50.0 Å². The van der Waals surface area contributed by atoms with Crippen LogP contribution in [0, 0.1) is 12.3 Å². The number of aliphatic hydroxyl groups excluding tert-OH is 1.